The first kappa shape index (κ1) is 20.4. The van der Waals surface area contributed by atoms with Gasteiger partial charge in [0, 0.05) is 36.3 Å². The third kappa shape index (κ3) is 3.93. The van der Waals surface area contributed by atoms with Crippen LogP contribution in [0.5, 0.6) is 5.75 Å². The van der Waals surface area contributed by atoms with E-state index in [0.29, 0.717) is 34.4 Å². The molecule has 1 aromatic heterocycles. The molecule has 1 aliphatic heterocycles. The third-order valence-corrected chi connectivity index (χ3v) is 5.61. The quantitative estimate of drug-likeness (QED) is 0.659. The Balaban J connectivity index is 1.73. The molecule has 6 heteroatoms. The molecule has 6 nitrogen and oxygen atoms in total. The summed E-state index contributed by atoms with van der Waals surface area (Å²) in [4.78, 5) is 15.5. The lowest BCUT2D eigenvalue weighted by Gasteiger charge is -2.35. The number of hydrogen-bond donors (Lipinski definition) is 2. The van der Waals surface area contributed by atoms with Gasteiger partial charge in [0.1, 0.15) is 17.1 Å². The van der Waals surface area contributed by atoms with Gasteiger partial charge in [0.25, 0.3) is 5.91 Å². The van der Waals surface area contributed by atoms with Crippen LogP contribution in [0.1, 0.15) is 41.1 Å². The zero-order valence-electron chi connectivity index (χ0n) is 17.9. The van der Waals surface area contributed by atoms with Gasteiger partial charge in [-0.15, -0.1) is 0 Å². The summed E-state index contributed by atoms with van der Waals surface area (Å²) in [5, 5.41) is 14.4. The van der Waals surface area contributed by atoms with Gasteiger partial charge in [-0.25, -0.2) is 0 Å². The van der Waals surface area contributed by atoms with Crippen molar-refractivity contribution >= 4 is 22.6 Å². The average Bonchev–Trinajstić information content (AvgIpc) is 3.01. The van der Waals surface area contributed by atoms with Crippen LogP contribution in [0.4, 0.5) is 5.69 Å². The number of morpholine rings is 1. The van der Waals surface area contributed by atoms with Gasteiger partial charge >= 0.3 is 0 Å². The molecule has 2 heterocycles. The van der Waals surface area contributed by atoms with Crippen molar-refractivity contribution in [2.24, 2.45) is 0 Å². The first-order chi connectivity index (χ1) is 14.3. The van der Waals surface area contributed by atoms with Gasteiger partial charge in [-0.3, -0.25) is 9.69 Å². The highest BCUT2D eigenvalue weighted by atomic mass is 16.5. The van der Waals surface area contributed by atoms with E-state index < -0.39 is 0 Å². The van der Waals surface area contributed by atoms with Crippen molar-refractivity contribution in [3.63, 3.8) is 0 Å². The molecule has 1 aliphatic rings. The Hall–Kier alpha value is -2.83. The smallest absolute Gasteiger partial charge is 0.259 e. The van der Waals surface area contributed by atoms with Crippen LogP contribution in [-0.4, -0.2) is 41.2 Å². The Morgan fingerprint density at radius 1 is 1.13 bits per heavy atom. The number of hydrogen-bond acceptors (Lipinski definition) is 5. The van der Waals surface area contributed by atoms with E-state index in [-0.39, 0.29) is 23.9 Å². The Morgan fingerprint density at radius 3 is 2.53 bits per heavy atom. The Morgan fingerprint density at radius 2 is 1.83 bits per heavy atom. The number of para-hydroxylation sites is 1. The maximum absolute atomic E-state index is 13.2. The molecule has 0 spiro atoms. The van der Waals surface area contributed by atoms with E-state index in [1.165, 1.54) is 0 Å². The number of amides is 1. The average molecular weight is 408 g/mol. The van der Waals surface area contributed by atoms with Crippen molar-refractivity contribution in [2.75, 3.05) is 18.4 Å². The Bertz CT molecular complexity index is 1080. The van der Waals surface area contributed by atoms with E-state index in [4.69, 9.17) is 9.15 Å². The van der Waals surface area contributed by atoms with Gasteiger partial charge < -0.3 is 19.6 Å². The van der Waals surface area contributed by atoms with Crippen LogP contribution >= 0.6 is 0 Å². The molecule has 0 radical (unpaired) electrons. The number of aromatic hydroxyl groups is 1. The summed E-state index contributed by atoms with van der Waals surface area (Å²) >= 11 is 0. The van der Waals surface area contributed by atoms with Crippen LogP contribution < -0.4 is 5.32 Å². The van der Waals surface area contributed by atoms with E-state index in [1.807, 2.05) is 45.0 Å². The van der Waals surface area contributed by atoms with Crippen LogP contribution in [0.25, 0.3) is 11.0 Å². The summed E-state index contributed by atoms with van der Waals surface area (Å²) < 4.78 is 11.7. The second-order valence-electron chi connectivity index (χ2n) is 8.19. The fourth-order valence-corrected chi connectivity index (χ4v) is 4.33. The maximum atomic E-state index is 13.2. The zero-order chi connectivity index (χ0) is 21.4. The minimum absolute atomic E-state index is 0.116. The molecule has 2 aromatic carbocycles. The van der Waals surface area contributed by atoms with E-state index in [2.05, 4.69) is 10.2 Å². The number of aryl methyl sites for hydroxylation is 2. The number of furan rings is 1. The molecule has 1 fully saturated rings. The van der Waals surface area contributed by atoms with Crippen molar-refractivity contribution in [3.8, 4) is 5.75 Å². The molecule has 1 saturated heterocycles. The SMILES string of the molecule is Cc1ccccc1NC(=O)c1c(C)oc2ccc(O)c(CN3C[C@@H](C)O[C@@H](C)C3)c12. The summed E-state index contributed by atoms with van der Waals surface area (Å²) in [5.74, 6) is 0.461. The molecule has 30 heavy (non-hydrogen) atoms. The molecule has 4 rings (SSSR count). The number of rotatable bonds is 4. The van der Waals surface area contributed by atoms with Crippen molar-refractivity contribution in [2.45, 2.75) is 46.4 Å². The van der Waals surface area contributed by atoms with E-state index in [0.717, 1.165) is 24.3 Å². The first-order valence-electron chi connectivity index (χ1n) is 10.3. The van der Waals surface area contributed by atoms with E-state index >= 15 is 0 Å². The normalized spacial score (nSPS) is 19.9. The molecular weight excluding hydrogens is 380 g/mol. The highest BCUT2D eigenvalue weighted by Gasteiger charge is 2.27. The zero-order valence-corrected chi connectivity index (χ0v) is 17.9. The molecule has 0 bridgehead atoms. The van der Waals surface area contributed by atoms with Crippen molar-refractivity contribution in [3.05, 3.63) is 58.8 Å². The molecular formula is C24H28N2O4. The molecule has 2 N–H and O–H groups in total. The van der Waals surface area contributed by atoms with Gasteiger partial charge in [-0.2, -0.15) is 0 Å². The van der Waals surface area contributed by atoms with Crippen LogP contribution in [0.15, 0.2) is 40.8 Å². The largest absolute Gasteiger partial charge is 0.508 e. The second kappa shape index (κ2) is 8.13. The number of anilines is 1. The van der Waals surface area contributed by atoms with Gasteiger partial charge in [0.05, 0.1) is 17.8 Å². The highest BCUT2D eigenvalue weighted by Crippen LogP contribution is 2.35. The molecule has 0 unspecified atom stereocenters. The van der Waals surface area contributed by atoms with Crippen molar-refractivity contribution in [1.82, 2.24) is 4.90 Å². The number of carbonyl (C=O) groups excluding carboxylic acids is 1. The minimum atomic E-state index is -0.240. The molecule has 0 aliphatic carbocycles. The monoisotopic (exact) mass is 408 g/mol. The Kier molecular flexibility index (Phi) is 5.54. The predicted molar refractivity (Wildman–Crippen MR) is 117 cm³/mol. The number of phenolic OH excluding ortho intramolecular Hbond substituents is 1. The van der Waals surface area contributed by atoms with Crippen molar-refractivity contribution in [1.29, 1.82) is 0 Å². The standard InChI is InChI=1S/C24H28N2O4/c1-14-7-5-6-8-19(14)25-24(28)22-17(4)30-21-10-9-20(27)18(23(21)22)13-26-11-15(2)29-16(3)12-26/h5-10,15-16,27H,11-13H2,1-4H3,(H,25,28)/t15-,16+. The van der Waals surface area contributed by atoms with E-state index in [9.17, 15) is 9.90 Å². The second-order valence-corrected chi connectivity index (χ2v) is 8.19. The first-order valence-corrected chi connectivity index (χ1v) is 10.3. The van der Waals surface area contributed by atoms with Crippen LogP contribution in [0, 0.1) is 13.8 Å². The van der Waals surface area contributed by atoms with Gasteiger partial charge in [0.2, 0.25) is 0 Å². The number of fused-ring (bicyclic) bond motifs is 1. The molecule has 1 amide bonds. The molecule has 2 atom stereocenters. The summed E-state index contributed by atoms with van der Waals surface area (Å²) in [6.45, 7) is 9.88. The molecule has 3 aromatic rings. The number of carbonyl (C=O) groups is 1. The summed E-state index contributed by atoms with van der Waals surface area (Å²) in [7, 11) is 0. The van der Waals surface area contributed by atoms with Crippen LogP contribution in [-0.2, 0) is 11.3 Å². The number of benzene rings is 2. The Labute approximate surface area is 176 Å². The number of nitrogens with zero attached hydrogens (tertiary/aromatic N) is 1. The van der Waals surface area contributed by atoms with Crippen LogP contribution in [0.3, 0.4) is 0 Å². The number of ether oxygens (including phenoxy) is 1. The summed E-state index contributed by atoms with van der Waals surface area (Å²) in [6.07, 6.45) is 0.231. The van der Waals surface area contributed by atoms with Gasteiger partial charge in [-0.05, 0) is 51.5 Å². The third-order valence-electron chi connectivity index (χ3n) is 5.61. The van der Waals surface area contributed by atoms with Gasteiger partial charge in [-0.1, -0.05) is 18.2 Å². The van der Waals surface area contributed by atoms with Crippen LogP contribution in [0.2, 0.25) is 0 Å². The van der Waals surface area contributed by atoms with E-state index in [1.54, 1.807) is 19.1 Å². The molecule has 0 saturated carbocycles. The highest BCUT2D eigenvalue weighted by molar-refractivity contribution is 6.14. The van der Waals surface area contributed by atoms with Crippen molar-refractivity contribution < 1.29 is 19.1 Å². The lowest BCUT2D eigenvalue weighted by atomic mass is 10.0. The predicted octanol–water partition coefficient (Wildman–Crippen LogP) is 4.62. The number of nitrogens with one attached hydrogen (secondary N) is 1. The lowest BCUT2D eigenvalue weighted by molar-refractivity contribution is -0.0705. The fraction of sp³-hybridized carbons (Fsp3) is 0.375. The summed E-state index contributed by atoms with van der Waals surface area (Å²) in [5.41, 5.74) is 3.52. The minimum Gasteiger partial charge on any atom is -0.508 e. The number of phenols is 1. The topological polar surface area (TPSA) is 74.9 Å². The van der Waals surface area contributed by atoms with Gasteiger partial charge in [0.15, 0.2) is 0 Å². The summed E-state index contributed by atoms with van der Waals surface area (Å²) in [6, 6.07) is 11.0. The molecule has 158 valence electrons. The maximum Gasteiger partial charge on any atom is 0.259 e. The fourth-order valence-electron chi connectivity index (χ4n) is 4.33. The lowest BCUT2D eigenvalue weighted by Crippen LogP contribution is -2.44.